The Morgan fingerprint density at radius 1 is 0.980 bits per heavy atom. The van der Waals surface area contributed by atoms with Crippen LogP contribution in [0.3, 0.4) is 0 Å². The number of alkyl halides is 3. The summed E-state index contributed by atoms with van der Waals surface area (Å²) in [6, 6.07) is 7.44. The Morgan fingerprint density at radius 2 is 1.62 bits per heavy atom. The predicted octanol–water partition coefficient (Wildman–Crippen LogP) is 7.18. The number of rotatable bonds is 7. The second-order valence-corrected chi connectivity index (χ2v) is 13.7. The van der Waals surface area contributed by atoms with Crippen LogP contribution in [0.1, 0.15) is 88.1 Å². The number of carbonyl (C=O) groups excluding carboxylic acids is 3. The molecule has 0 unspecified atom stereocenters. The molecule has 1 aliphatic carbocycles. The normalized spacial score (nSPS) is 22.0. The summed E-state index contributed by atoms with van der Waals surface area (Å²) in [5, 5.41) is 15.4. The van der Waals surface area contributed by atoms with Crippen molar-refractivity contribution in [2.24, 2.45) is 11.8 Å². The van der Waals surface area contributed by atoms with E-state index in [4.69, 9.17) is 9.47 Å². The lowest BCUT2D eigenvalue weighted by Crippen LogP contribution is -2.48. The van der Waals surface area contributed by atoms with Crippen molar-refractivity contribution < 1.29 is 42.1 Å². The number of hydrogen-bond acceptors (Lipinski definition) is 6. The number of anilines is 2. The minimum absolute atomic E-state index is 0.0212. The quantitative estimate of drug-likeness (QED) is 0.281. The number of hydrogen-bond donors (Lipinski definition) is 3. The fourth-order valence-electron chi connectivity index (χ4n) is 6.52. The van der Waals surface area contributed by atoms with E-state index in [1.165, 1.54) is 6.07 Å². The van der Waals surface area contributed by atoms with E-state index >= 15 is 0 Å². The molecule has 276 valence electrons. The summed E-state index contributed by atoms with van der Waals surface area (Å²) in [5.74, 6) is -0.167. The number of benzene rings is 2. The largest absolute Gasteiger partial charge is 0.490 e. The van der Waals surface area contributed by atoms with Gasteiger partial charge in [0.25, 0.3) is 5.91 Å². The van der Waals surface area contributed by atoms with E-state index in [1.807, 2.05) is 20.9 Å². The van der Waals surface area contributed by atoms with Crippen molar-refractivity contribution in [3.63, 3.8) is 0 Å². The second-order valence-electron chi connectivity index (χ2n) is 13.7. The number of carbonyl (C=O) groups is 3. The average Bonchev–Trinajstić information content (AvgIpc) is 3.09. The minimum atomic E-state index is -4.50. The van der Waals surface area contributed by atoms with Gasteiger partial charge < -0.3 is 35.0 Å². The molecule has 0 bridgehead atoms. The minimum Gasteiger partial charge on any atom is -0.490 e. The van der Waals surface area contributed by atoms with Gasteiger partial charge in [-0.1, -0.05) is 26.2 Å². The van der Waals surface area contributed by atoms with Crippen LogP contribution in [0.15, 0.2) is 42.5 Å². The van der Waals surface area contributed by atoms with Crippen LogP contribution in [-0.2, 0) is 15.7 Å². The predicted molar refractivity (Wildman–Crippen MR) is 185 cm³/mol. The number of nitrogens with zero attached hydrogens (tertiary/aromatic N) is 2. The lowest BCUT2D eigenvalue weighted by molar-refractivity contribution is -0.138. The summed E-state index contributed by atoms with van der Waals surface area (Å²) in [7, 11) is 1.81. The van der Waals surface area contributed by atoms with Gasteiger partial charge >= 0.3 is 12.2 Å². The number of urea groups is 1. The number of halogens is 3. The van der Waals surface area contributed by atoms with E-state index in [2.05, 4.69) is 10.6 Å². The molecule has 0 aromatic heterocycles. The molecule has 4 amide bonds. The molecule has 2 aromatic carbocycles. The molecule has 10 nitrogen and oxygen atoms in total. The van der Waals surface area contributed by atoms with Gasteiger partial charge in [-0.05, 0) is 88.4 Å². The fourth-order valence-corrected chi connectivity index (χ4v) is 6.52. The smallest absolute Gasteiger partial charge is 0.416 e. The maximum atomic E-state index is 14.4. The number of fused-ring (bicyclic) bond motifs is 1. The highest BCUT2D eigenvalue weighted by atomic mass is 19.4. The molecule has 4 rings (SSSR count). The molecule has 2 aromatic rings. The van der Waals surface area contributed by atoms with E-state index in [1.54, 1.807) is 28.9 Å². The highest BCUT2D eigenvalue weighted by Gasteiger charge is 2.33. The molecule has 50 heavy (non-hydrogen) atoms. The van der Waals surface area contributed by atoms with Crippen LogP contribution in [0, 0.1) is 11.8 Å². The molecule has 0 saturated heterocycles. The van der Waals surface area contributed by atoms with Gasteiger partial charge in [0.05, 0.1) is 36.0 Å². The van der Waals surface area contributed by atoms with Gasteiger partial charge in [0, 0.05) is 50.0 Å². The van der Waals surface area contributed by atoms with Gasteiger partial charge in [-0.3, -0.25) is 9.59 Å². The molecule has 0 radical (unpaired) electrons. The Morgan fingerprint density at radius 3 is 2.28 bits per heavy atom. The summed E-state index contributed by atoms with van der Waals surface area (Å²) in [5.41, 5.74) is -0.249. The van der Waals surface area contributed by atoms with Gasteiger partial charge in [-0.2, -0.15) is 13.2 Å². The van der Waals surface area contributed by atoms with Crippen LogP contribution in [0.4, 0.5) is 29.3 Å². The zero-order valence-corrected chi connectivity index (χ0v) is 29.4. The summed E-state index contributed by atoms with van der Waals surface area (Å²) in [6.45, 7) is 6.42. The summed E-state index contributed by atoms with van der Waals surface area (Å²) < 4.78 is 51.5. The monoisotopic (exact) mass is 704 g/mol. The Bertz CT molecular complexity index is 1430. The first-order valence-electron chi connectivity index (χ1n) is 17.6. The van der Waals surface area contributed by atoms with Gasteiger partial charge in [-0.25, -0.2) is 4.79 Å². The van der Waals surface area contributed by atoms with Gasteiger partial charge in [0.15, 0.2) is 0 Å². The first-order chi connectivity index (χ1) is 23.8. The number of likely N-dealkylation sites (N-methyl/N-ethyl adjacent to an activating group) is 1. The molecule has 1 fully saturated rings. The van der Waals surface area contributed by atoms with Crippen LogP contribution >= 0.6 is 0 Å². The summed E-state index contributed by atoms with van der Waals surface area (Å²) >= 11 is 0. The molecular formula is C37H51F3N4O6. The molecule has 2 aliphatic rings. The number of nitrogens with one attached hydrogen (secondary N) is 2. The van der Waals surface area contributed by atoms with Crippen molar-refractivity contribution >= 4 is 29.2 Å². The Hall–Kier alpha value is -3.84. The SMILES string of the molecule is C[C@@H]1CCCCO[C@@H](CN(C)C(=O)C2CCCCC2)[C@@H](C)CN([C@@H](C)CO)C(=O)c2cc(NC(=O)Nc3ccc(C(F)(F)F)cc3)ccc2O1. The topological polar surface area (TPSA) is 120 Å². The Balaban J connectivity index is 1.57. The van der Waals surface area contributed by atoms with Crippen molar-refractivity contribution in [1.82, 2.24) is 9.80 Å². The molecule has 0 spiro atoms. The number of aliphatic hydroxyl groups excluding tert-OH is 1. The van der Waals surface area contributed by atoms with Gasteiger partial charge in [0.1, 0.15) is 5.75 Å². The lowest BCUT2D eigenvalue weighted by atomic mass is 9.88. The van der Waals surface area contributed by atoms with Crippen molar-refractivity contribution in [3.8, 4) is 5.75 Å². The molecule has 13 heteroatoms. The third kappa shape index (κ3) is 10.8. The van der Waals surface area contributed by atoms with E-state index in [-0.39, 0.29) is 60.0 Å². The zero-order valence-electron chi connectivity index (χ0n) is 29.4. The first kappa shape index (κ1) is 39.0. The standard InChI is InChI=1S/C37H51F3N4O6/c1-24-21-44(25(2)23-45)35(47)31-20-30(42-36(48)41-29-15-13-28(14-16-29)37(38,39)40)17-18-32(31)50-26(3)10-8-9-19-49-33(24)22-43(4)34(46)27-11-6-5-7-12-27/h13-18,20,24-27,33,45H,5-12,19,21-23H2,1-4H3,(H2,41,42,48)/t24-,25-,26+,33-/m0/s1. The van der Waals surface area contributed by atoms with Crippen LogP contribution in [-0.4, -0.2) is 84.4 Å². The highest BCUT2D eigenvalue weighted by Crippen LogP contribution is 2.31. The highest BCUT2D eigenvalue weighted by molar-refractivity contribution is 6.02. The maximum absolute atomic E-state index is 14.4. The lowest BCUT2D eigenvalue weighted by Gasteiger charge is -2.36. The number of aliphatic hydroxyl groups is 1. The van der Waals surface area contributed by atoms with Crippen molar-refractivity contribution in [3.05, 3.63) is 53.6 Å². The zero-order chi connectivity index (χ0) is 36.4. The maximum Gasteiger partial charge on any atom is 0.416 e. The molecule has 3 N–H and O–H groups in total. The van der Waals surface area contributed by atoms with Crippen LogP contribution in [0.5, 0.6) is 5.75 Å². The van der Waals surface area contributed by atoms with Gasteiger partial charge in [-0.15, -0.1) is 0 Å². The van der Waals surface area contributed by atoms with Crippen LogP contribution in [0.2, 0.25) is 0 Å². The Kier molecular flexibility index (Phi) is 13.9. The summed E-state index contributed by atoms with van der Waals surface area (Å²) in [6.07, 6.45) is 2.27. The fraction of sp³-hybridized carbons (Fsp3) is 0.595. The molecule has 1 saturated carbocycles. The molecule has 1 heterocycles. The van der Waals surface area contributed by atoms with Crippen molar-refractivity contribution in [1.29, 1.82) is 0 Å². The van der Waals surface area contributed by atoms with Crippen molar-refractivity contribution in [2.75, 3.05) is 44.0 Å². The van der Waals surface area contributed by atoms with Crippen LogP contribution in [0.25, 0.3) is 0 Å². The summed E-state index contributed by atoms with van der Waals surface area (Å²) in [4.78, 5) is 43.8. The third-order valence-corrected chi connectivity index (χ3v) is 9.56. The number of amides is 4. The van der Waals surface area contributed by atoms with Gasteiger partial charge in [0.2, 0.25) is 5.91 Å². The Labute approximate surface area is 292 Å². The van der Waals surface area contributed by atoms with Crippen LogP contribution < -0.4 is 15.4 Å². The first-order valence-corrected chi connectivity index (χ1v) is 17.6. The molecular weight excluding hydrogens is 653 g/mol. The van der Waals surface area contributed by atoms with E-state index in [0.29, 0.717) is 25.3 Å². The third-order valence-electron chi connectivity index (χ3n) is 9.56. The number of ether oxygens (including phenoxy) is 2. The van der Waals surface area contributed by atoms with E-state index in [0.717, 1.165) is 69.2 Å². The second kappa shape index (κ2) is 17.9. The van der Waals surface area contributed by atoms with E-state index < -0.39 is 29.7 Å². The average molecular weight is 705 g/mol. The van der Waals surface area contributed by atoms with Crippen molar-refractivity contribution in [2.45, 2.75) is 96.6 Å². The van der Waals surface area contributed by atoms with E-state index in [9.17, 15) is 32.7 Å². The molecule has 1 aliphatic heterocycles. The molecule has 4 atom stereocenters.